The topological polar surface area (TPSA) is 64.3 Å². The van der Waals surface area contributed by atoms with E-state index >= 15 is 0 Å². The number of hydrogen-bond donors (Lipinski definition) is 2. The Labute approximate surface area is 170 Å². The van der Waals surface area contributed by atoms with Gasteiger partial charge < -0.3 is 5.32 Å². The molecule has 2 bridgehead atoms. The maximum atomic E-state index is 12.9. The molecular weight excluding hydrogens is 362 g/mol. The van der Waals surface area contributed by atoms with Crippen LogP contribution in [0.3, 0.4) is 0 Å². The lowest BCUT2D eigenvalue weighted by Gasteiger charge is -2.51. The highest BCUT2D eigenvalue weighted by molar-refractivity contribution is 6.04. The van der Waals surface area contributed by atoms with Crippen molar-refractivity contribution in [1.82, 2.24) is 25.3 Å². The smallest absolute Gasteiger partial charge is 0.272 e. The van der Waals surface area contributed by atoms with Crippen molar-refractivity contribution in [3.63, 3.8) is 0 Å². The Balaban J connectivity index is 1.25. The van der Waals surface area contributed by atoms with Gasteiger partial charge in [0.15, 0.2) is 5.69 Å². The van der Waals surface area contributed by atoms with Crippen LogP contribution in [-0.2, 0) is 6.54 Å². The molecule has 2 aliphatic heterocycles. The summed E-state index contributed by atoms with van der Waals surface area (Å²) in [7, 11) is 2.23. The molecular formula is C23H27N5O. The van der Waals surface area contributed by atoms with Gasteiger partial charge in [-0.25, -0.2) is 0 Å². The van der Waals surface area contributed by atoms with E-state index in [1.165, 1.54) is 5.56 Å². The molecule has 1 aromatic heterocycles. The number of likely N-dealkylation sites (N-methyl/N-ethyl adjacent to an activating group) is 1. The van der Waals surface area contributed by atoms with Crippen molar-refractivity contribution in [3.05, 3.63) is 65.9 Å². The number of para-hydroxylation sites is 1. The minimum absolute atomic E-state index is 0.0729. The number of piperazine rings is 1. The predicted molar refractivity (Wildman–Crippen MR) is 114 cm³/mol. The molecule has 3 heterocycles. The molecule has 0 unspecified atom stereocenters. The number of benzene rings is 2. The molecule has 5 rings (SSSR count). The van der Waals surface area contributed by atoms with Gasteiger partial charge in [-0.15, -0.1) is 0 Å². The average Bonchev–Trinajstić information content (AvgIpc) is 3.15. The molecule has 3 aromatic rings. The van der Waals surface area contributed by atoms with Gasteiger partial charge in [0.1, 0.15) is 0 Å². The van der Waals surface area contributed by atoms with Crippen LogP contribution in [0, 0.1) is 0 Å². The second-order valence-electron chi connectivity index (χ2n) is 8.41. The molecule has 2 aliphatic rings. The number of aromatic amines is 1. The summed E-state index contributed by atoms with van der Waals surface area (Å²) in [5, 5.41) is 11.3. The number of fused-ring (bicyclic) bond motifs is 3. The van der Waals surface area contributed by atoms with Crippen LogP contribution in [0.4, 0.5) is 0 Å². The van der Waals surface area contributed by atoms with E-state index in [0.717, 1.165) is 43.4 Å². The molecule has 2 N–H and O–H groups in total. The van der Waals surface area contributed by atoms with Gasteiger partial charge in [-0.1, -0.05) is 48.5 Å². The number of H-pyrrole nitrogens is 1. The van der Waals surface area contributed by atoms with Crippen LogP contribution in [0.2, 0.25) is 0 Å². The molecule has 2 saturated heterocycles. The highest BCUT2D eigenvalue weighted by Gasteiger charge is 2.39. The molecule has 1 amide bonds. The molecule has 2 fully saturated rings. The number of amides is 1. The average molecular weight is 390 g/mol. The minimum Gasteiger partial charge on any atom is -0.348 e. The molecule has 0 saturated carbocycles. The number of likely N-dealkylation sites (tertiary alicyclic amines) is 1. The van der Waals surface area contributed by atoms with Gasteiger partial charge in [0.25, 0.3) is 5.91 Å². The molecule has 3 atom stereocenters. The van der Waals surface area contributed by atoms with Crippen LogP contribution in [0.25, 0.3) is 10.9 Å². The zero-order chi connectivity index (χ0) is 19.8. The van der Waals surface area contributed by atoms with Crippen LogP contribution >= 0.6 is 0 Å². The summed E-state index contributed by atoms with van der Waals surface area (Å²) in [6.45, 7) is 3.08. The standard InChI is InChI=1S/C23H27N5O/c1-27-18-11-17(24-23(29)22-20-9-5-6-10-21(20)25-26-22)12-19(27)15-28(14-18)13-16-7-3-2-4-8-16/h2-10,17-19H,11-15H2,1H3,(H,24,29)(H,25,26)/t17-,18-,19+. The van der Waals surface area contributed by atoms with Crippen molar-refractivity contribution in [2.45, 2.75) is 37.5 Å². The fourth-order valence-electron chi connectivity index (χ4n) is 4.94. The third-order valence-electron chi connectivity index (χ3n) is 6.47. The SMILES string of the molecule is CN1[C@@H]2C[C@@H](NC(=O)c3n[nH]c4ccccc34)C[C@H]1CN(Cc1ccccc1)C2. The van der Waals surface area contributed by atoms with Gasteiger partial charge >= 0.3 is 0 Å². The largest absolute Gasteiger partial charge is 0.348 e. The molecule has 0 aliphatic carbocycles. The maximum Gasteiger partial charge on any atom is 0.272 e. The third kappa shape index (κ3) is 3.66. The van der Waals surface area contributed by atoms with Gasteiger partial charge in [-0.05, 0) is 31.5 Å². The monoisotopic (exact) mass is 389 g/mol. The van der Waals surface area contributed by atoms with E-state index in [9.17, 15) is 4.79 Å². The molecule has 150 valence electrons. The number of carbonyl (C=O) groups is 1. The summed E-state index contributed by atoms with van der Waals surface area (Å²) in [5.41, 5.74) is 2.76. The third-order valence-corrected chi connectivity index (χ3v) is 6.47. The second-order valence-corrected chi connectivity index (χ2v) is 8.41. The lowest BCUT2D eigenvalue weighted by atomic mass is 9.87. The Bertz CT molecular complexity index is 985. The Morgan fingerprint density at radius 2 is 1.76 bits per heavy atom. The predicted octanol–water partition coefficient (Wildman–Crippen LogP) is 2.64. The van der Waals surface area contributed by atoms with Gasteiger partial charge in [-0.3, -0.25) is 19.7 Å². The van der Waals surface area contributed by atoms with Crippen molar-refractivity contribution in [3.8, 4) is 0 Å². The Hall–Kier alpha value is -2.70. The number of rotatable bonds is 4. The fourth-order valence-corrected chi connectivity index (χ4v) is 4.94. The molecule has 6 nitrogen and oxygen atoms in total. The van der Waals surface area contributed by atoms with Gasteiger partial charge in [0.05, 0.1) is 5.52 Å². The Kier molecular flexibility index (Phi) is 4.81. The quantitative estimate of drug-likeness (QED) is 0.720. The van der Waals surface area contributed by atoms with Crippen LogP contribution < -0.4 is 5.32 Å². The highest BCUT2D eigenvalue weighted by Crippen LogP contribution is 2.29. The Morgan fingerprint density at radius 1 is 1.07 bits per heavy atom. The molecule has 6 heteroatoms. The lowest BCUT2D eigenvalue weighted by molar-refractivity contribution is -0.00511. The van der Waals surface area contributed by atoms with Crippen LogP contribution in [0.15, 0.2) is 54.6 Å². The molecule has 0 spiro atoms. The lowest BCUT2D eigenvalue weighted by Crippen LogP contribution is -2.63. The van der Waals surface area contributed by atoms with Crippen molar-refractivity contribution >= 4 is 16.8 Å². The van der Waals surface area contributed by atoms with Crippen molar-refractivity contribution in [2.24, 2.45) is 0 Å². The number of hydrogen-bond acceptors (Lipinski definition) is 4. The van der Waals surface area contributed by atoms with Crippen LogP contribution in [0.5, 0.6) is 0 Å². The van der Waals surface area contributed by atoms with E-state index in [0.29, 0.717) is 17.8 Å². The summed E-state index contributed by atoms with van der Waals surface area (Å²) in [5.74, 6) is -0.0729. The van der Waals surface area contributed by atoms with E-state index in [-0.39, 0.29) is 11.9 Å². The number of aromatic nitrogens is 2. The maximum absolute atomic E-state index is 12.9. The zero-order valence-corrected chi connectivity index (χ0v) is 16.7. The number of carbonyl (C=O) groups excluding carboxylic acids is 1. The first-order valence-corrected chi connectivity index (χ1v) is 10.4. The molecule has 0 radical (unpaired) electrons. The summed E-state index contributed by atoms with van der Waals surface area (Å²) < 4.78 is 0. The van der Waals surface area contributed by atoms with Gasteiger partial charge in [0.2, 0.25) is 0 Å². The van der Waals surface area contributed by atoms with E-state index in [4.69, 9.17) is 0 Å². The molecule has 2 aromatic carbocycles. The van der Waals surface area contributed by atoms with E-state index in [2.05, 4.69) is 62.7 Å². The molecule has 29 heavy (non-hydrogen) atoms. The number of piperidine rings is 1. The zero-order valence-electron chi connectivity index (χ0n) is 16.7. The van der Waals surface area contributed by atoms with Crippen molar-refractivity contribution in [1.29, 1.82) is 0 Å². The number of nitrogens with zero attached hydrogens (tertiary/aromatic N) is 3. The van der Waals surface area contributed by atoms with E-state index in [1.54, 1.807) is 0 Å². The number of nitrogens with one attached hydrogen (secondary N) is 2. The first-order chi connectivity index (χ1) is 14.2. The van der Waals surface area contributed by atoms with E-state index in [1.807, 2.05) is 24.3 Å². The first kappa shape index (κ1) is 18.3. The normalized spacial score (nSPS) is 25.2. The Morgan fingerprint density at radius 3 is 2.52 bits per heavy atom. The van der Waals surface area contributed by atoms with Crippen LogP contribution in [0.1, 0.15) is 28.9 Å². The fraction of sp³-hybridized carbons (Fsp3) is 0.391. The van der Waals surface area contributed by atoms with Crippen molar-refractivity contribution < 1.29 is 4.79 Å². The first-order valence-electron chi connectivity index (χ1n) is 10.4. The van der Waals surface area contributed by atoms with E-state index < -0.39 is 0 Å². The second kappa shape index (κ2) is 7.61. The van der Waals surface area contributed by atoms with Gasteiger partial charge in [0, 0.05) is 43.1 Å². The minimum atomic E-state index is -0.0729. The van der Waals surface area contributed by atoms with Crippen LogP contribution in [-0.4, -0.2) is 64.2 Å². The summed E-state index contributed by atoms with van der Waals surface area (Å²) in [6, 6.07) is 19.6. The van der Waals surface area contributed by atoms with Gasteiger partial charge in [-0.2, -0.15) is 5.10 Å². The summed E-state index contributed by atoms with van der Waals surface area (Å²) in [4.78, 5) is 17.9. The summed E-state index contributed by atoms with van der Waals surface area (Å²) in [6.07, 6.45) is 1.96. The highest BCUT2D eigenvalue weighted by atomic mass is 16.2. The van der Waals surface area contributed by atoms with Crippen molar-refractivity contribution in [2.75, 3.05) is 20.1 Å². The summed E-state index contributed by atoms with van der Waals surface area (Å²) >= 11 is 0.